The molecule has 3 unspecified atom stereocenters. The van der Waals surface area contributed by atoms with Crippen molar-refractivity contribution in [2.45, 2.75) is 36.7 Å². The summed E-state index contributed by atoms with van der Waals surface area (Å²) in [5.74, 6) is -0.512. The molecule has 0 spiro atoms. The fourth-order valence-electron chi connectivity index (χ4n) is 3.16. The van der Waals surface area contributed by atoms with E-state index < -0.39 is 15.7 Å². The molecule has 1 aromatic rings. The summed E-state index contributed by atoms with van der Waals surface area (Å²) in [5, 5.41) is 2.73. The van der Waals surface area contributed by atoms with E-state index in [0.717, 1.165) is 25.0 Å². The summed E-state index contributed by atoms with van der Waals surface area (Å²) in [7, 11) is -3.54. The topological polar surface area (TPSA) is 87.3 Å². The van der Waals surface area contributed by atoms with Crippen LogP contribution in [0.1, 0.15) is 19.8 Å². The molecule has 2 fully saturated rings. The van der Waals surface area contributed by atoms with Crippen molar-refractivity contribution < 1.29 is 17.6 Å². The lowest BCUT2D eigenvalue weighted by Crippen LogP contribution is -2.43. The average molecular weight is 355 g/mol. The molecule has 8 heteroatoms. The van der Waals surface area contributed by atoms with Crippen LogP contribution in [-0.2, 0) is 14.6 Å². The third-order valence-corrected chi connectivity index (χ3v) is 6.41. The Labute approximate surface area is 141 Å². The van der Waals surface area contributed by atoms with Gasteiger partial charge >= 0.3 is 0 Å². The van der Waals surface area contributed by atoms with Crippen molar-refractivity contribution in [2.24, 2.45) is 11.8 Å². The van der Waals surface area contributed by atoms with E-state index in [1.54, 1.807) is 0 Å². The first kappa shape index (κ1) is 17.3. The van der Waals surface area contributed by atoms with Crippen molar-refractivity contribution in [3.05, 3.63) is 30.1 Å². The van der Waals surface area contributed by atoms with Crippen LogP contribution in [0.25, 0.3) is 0 Å². The molecule has 0 aromatic heterocycles. The standard InChI is InChI=1S/C16H22FN3O3S/c1-10-14(15(20-19-10)11-2-3-11)16(21)18-8-9-24(22,23)13-6-4-12(17)5-7-13/h4-7,10-11,14-15,19-20H,2-3,8-9H2,1H3,(H,18,21). The molecule has 1 aromatic carbocycles. The Morgan fingerprint density at radius 1 is 1.25 bits per heavy atom. The quantitative estimate of drug-likeness (QED) is 0.651. The van der Waals surface area contributed by atoms with Crippen molar-refractivity contribution in [2.75, 3.05) is 12.3 Å². The van der Waals surface area contributed by atoms with Gasteiger partial charge in [-0.3, -0.25) is 15.6 Å². The second-order valence-electron chi connectivity index (χ2n) is 6.53. The molecule has 2 aliphatic rings. The largest absolute Gasteiger partial charge is 0.355 e. The second-order valence-corrected chi connectivity index (χ2v) is 8.64. The Morgan fingerprint density at radius 3 is 2.54 bits per heavy atom. The van der Waals surface area contributed by atoms with E-state index in [1.807, 2.05) is 6.92 Å². The first-order valence-electron chi connectivity index (χ1n) is 8.15. The average Bonchev–Trinajstić information content (AvgIpc) is 3.30. The van der Waals surface area contributed by atoms with Crippen molar-refractivity contribution in [1.29, 1.82) is 0 Å². The molecule has 1 saturated heterocycles. The molecule has 1 saturated carbocycles. The predicted molar refractivity (Wildman–Crippen MR) is 87.2 cm³/mol. The van der Waals surface area contributed by atoms with Gasteiger partial charge in [0.2, 0.25) is 5.91 Å². The maximum absolute atomic E-state index is 12.9. The van der Waals surface area contributed by atoms with Gasteiger partial charge in [0.15, 0.2) is 9.84 Å². The highest BCUT2D eigenvalue weighted by Crippen LogP contribution is 2.38. The zero-order chi connectivity index (χ0) is 17.3. The molecule has 3 rings (SSSR count). The molecule has 1 aliphatic carbocycles. The minimum Gasteiger partial charge on any atom is -0.355 e. The van der Waals surface area contributed by atoms with Gasteiger partial charge in [0.05, 0.1) is 16.6 Å². The fraction of sp³-hybridized carbons (Fsp3) is 0.562. The summed E-state index contributed by atoms with van der Waals surface area (Å²) in [6, 6.07) is 4.82. The summed E-state index contributed by atoms with van der Waals surface area (Å²) in [4.78, 5) is 12.5. The van der Waals surface area contributed by atoms with E-state index in [1.165, 1.54) is 12.1 Å². The van der Waals surface area contributed by atoms with Crippen LogP contribution in [-0.4, -0.2) is 38.7 Å². The highest BCUT2D eigenvalue weighted by atomic mass is 32.2. The lowest BCUT2D eigenvalue weighted by atomic mass is 9.91. The number of carbonyl (C=O) groups excluding carboxylic acids is 1. The molecule has 24 heavy (non-hydrogen) atoms. The van der Waals surface area contributed by atoms with Gasteiger partial charge in [0, 0.05) is 18.6 Å². The molecule has 1 heterocycles. The first-order chi connectivity index (χ1) is 11.4. The molecule has 3 atom stereocenters. The molecule has 1 aliphatic heterocycles. The number of amides is 1. The minimum atomic E-state index is -3.54. The van der Waals surface area contributed by atoms with Crippen molar-refractivity contribution in [3.63, 3.8) is 0 Å². The second kappa shape index (κ2) is 6.78. The summed E-state index contributed by atoms with van der Waals surface area (Å²) >= 11 is 0. The van der Waals surface area contributed by atoms with Crippen LogP contribution in [0.15, 0.2) is 29.2 Å². The fourth-order valence-corrected chi connectivity index (χ4v) is 4.32. The highest BCUT2D eigenvalue weighted by molar-refractivity contribution is 7.91. The Morgan fingerprint density at radius 2 is 1.92 bits per heavy atom. The van der Waals surface area contributed by atoms with Crippen LogP contribution in [0.2, 0.25) is 0 Å². The number of nitrogens with one attached hydrogen (secondary N) is 3. The van der Waals surface area contributed by atoms with Crippen LogP contribution in [0.4, 0.5) is 4.39 Å². The monoisotopic (exact) mass is 355 g/mol. The van der Waals surface area contributed by atoms with E-state index in [4.69, 9.17) is 0 Å². The number of halogens is 1. The normalized spacial score (nSPS) is 27.2. The molecule has 132 valence electrons. The highest BCUT2D eigenvalue weighted by Gasteiger charge is 2.46. The Hall–Kier alpha value is -1.51. The van der Waals surface area contributed by atoms with Crippen LogP contribution in [0.5, 0.6) is 0 Å². The Balaban J connectivity index is 1.55. The van der Waals surface area contributed by atoms with Gasteiger partial charge in [0.1, 0.15) is 5.82 Å². The number of carbonyl (C=O) groups is 1. The van der Waals surface area contributed by atoms with E-state index in [2.05, 4.69) is 16.2 Å². The van der Waals surface area contributed by atoms with Gasteiger partial charge in [-0.2, -0.15) is 0 Å². The van der Waals surface area contributed by atoms with Gasteiger partial charge in [-0.1, -0.05) is 0 Å². The number of rotatable bonds is 6. The zero-order valence-corrected chi connectivity index (χ0v) is 14.3. The third kappa shape index (κ3) is 3.76. The molecular weight excluding hydrogens is 333 g/mol. The van der Waals surface area contributed by atoms with Gasteiger partial charge in [0.25, 0.3) is 0 Å². The molecule has 0 bridgehead atoms. The molecular formula is C16H22FN3O3S. The maximum atomic E-state index is 12.9. The lowest BCUT2D eigenvalue weighted by molar-refractivity contribution is -0.125. The predicted octanol–water partition coefficient (Wildman–Crippen LogP) is 0.607. The SMILES string of the molecule is CC1NNC(C2CC2)C1C(=O)NCCS(=O)(=O)c1ccc(F)cc1. The smallest absolute Gasteiger partial charge is 0.226 e. The van der Waals surface area contributed by atoms with Gasteiger partial charge in [-0.25, -0.2) is 12.8 Å². The molecule has 6 nitrogen and oxygen atoms in total. The van der Waals surface area contributed by atoms with E-state index in [0.29, 0.717) is 5.92 Å². The van der Waals surface area contributed by atoms with E-state index in [-0.39, 0.29) is 41.1 Å². The Bertz CT molecular complexity index is 704. The maximum Gasteiger partial charge on any atom is 0.226 e. The summed E-state index contributed by atoms with van der Waals surface area (Å²) in [6.07, 6.45) is 2.24. The van der Waals surface area contributed by atoms with Crippen LogP contribution < -0.4 is 16.2 Å². The van der Waals surface area contributed by atoms with Crippen LogP contribution in [0.3, 0.4) is 0 Å². The Kier molecular flexibility index (Phi) is 4.89. The number of benzene rings is 1. The van der Waals surface area contributed by atoms with Crippen molar-refractivity contribution in [1.82, 2.24) is 16.2 Å². The number of hydrazine groups is 1. The van der Waals surface area contributed by atoms with Crippen LogP contribution in [0, 0.1) is 17.7 Å². The third-order valence-electron chi connectivity index (χ3n) is 4.68. The lowest BCUT2D eigenvalue weighted by Gasteiger charge is -2.20. The first-order valence-corrected chi connectivity index (χ1v) is 9.81. The summed E-state index contributed by atoms with van der Waals surface area (Å²) in [5.41, 5.74) is 6.27. The molecule has 1 amide bonds. The minimum absolute atomic E-state index is 0.00399. The van der Waals surface area contributed by atoms with Crippen molar-refractivity contribution in [3.8, 4) is 0 Å². The van der Waals surface area contributed by atoms with Crippen molar-refractivity contribution >= 4 is 15.7 Å². The summed E-state index contributed by atoms with van der Waals surface area (Å²) < 4.78 is 37.3. The summed E-state index contributed by atoms with van der Waals surface area (Å²) in [6.45, 7) is 1.98. The van der Waals surface area contributed by atoms with E-state index in [9.17, 15) is 17.6 Å². The molecule has 0 radical (unpaired) electrons. The van der Waals surface area contributed by atoms with Crippen LogP contribution >= 0.6 is 0 Å². The number of hydrogen-bond donors (Lipinski definition) is 3. The van der Waals surface area contributed by atoms with Gasteiger partial charge in [-0.05, 0) is 49.9 Å². The van der Waals surface area contributed by atoms with E-state index >= 15 is 0 Å². The number of sulfone groups is 1. The number of hydrogen-bond acceptors (Lipinski definition) is 5. The molecule has 3 N–H and O–H groups in total. The van der Waals surface area contributed by atoms with Gasteiger partial charge < -0.3 is 5.32 Å². The zero-order valence-electron chi connectivity index (χ0n) is 13.5. The van der Waals surface area contributed by atoms with Gasteiger partial charge in [-0.15, -0.1) is 0 Å².